The molecule has 5 heteroatoms. The summed E-state index contributed by atoms with van der Waals surface area (Å²) >= 11 is 0. The van der Waals surface area contributed by atoms with Crippen molar-refractivity contribution in [3.05, 3.63) is 17.7 Å². The van der Waals surface area contributed by atoms with Gasteiger partial charge in [0.05, 0.1) is 11.9 Å². The van der Waals surface area contributed by atoms with E-state index >= 15 is 0 Å². The lowest BCUT2D eigenvalue weighted by atomic mass is 10.1. The van der Waals surface area contributed by atoms with Crippen molar-refractivity contribution in [3.8, 4) is 0 Å². The molecule has 0 bridgehead atoms. The summed E-state index contributed by atoms with van der Waals surface area (Å²) in [6.45, 7) is 8.21. The zero-order valence-electron chi connectivity index (χ0n) is 12.6. The highest BCUT2D eigenvalue weighted by Crippen LogP contribution is 2.33. The van der Waals surface area contributed by atoms with Crippen molar-refractivity contribution in [1.29, 1.82) is 0 Å². The molecule has 1 aliphatic rings. The van der Waals surface area contributed by atoms with Crippen LogP contribution in [0.3, 0.4) is 0 Å². The highest BCUT2D eigenvalue weighted by molar-refractivity contribution is 5.92. The highest BCUT2D eigenvalue weighted by Gasteiger charge is 2.33. The Kier molecular flexibility index (Phi) is 4.26. The van der Waals surface area contributed by atoms with Crippen LogP contribution in [0.25, 0.3) is 0 Å². The summed E-state index contributed by atoms with van der Waals surface area (Å²) in [6.07, 6.45) is 4.89. The van der Waals surface area contributed by atoms with Crippen molar-refractivity contribution in [2.75, 3.05) is 4.90 Å². The molecule has 2 heterocycles. The van der Waals surface area contributed by atoms with Gasteiger partial charge in [-0.1, -0.05) is 20.8 Å². The van der Waals surface area contributed by atoms with Crippen LogP contribution in [0.1, 0.15) is 69.2 Å². The zero-order chi connectivity index (χ0) is 14.9. The Morgan fingerprint density at radius 2 is 2.20 bits per heavy atom. The van der Waals surface area contributed by atoms with Crippen LogP contribution in [0.15, 0.2) is 6.20 Å². The van der Waals surface area contributed by atoms with E-state index in [4.69, 9.17) is 0 Å². The summed E-state index contributed by atoms with van der Waals surface area (Å²) in [6, 6.07) is 0.725. The molecule has 2 atom stereocenters. The van der Waals surface area contributed by atoms with Gasteiger partial charge < -0.3 is 10.0 Å². The first-order valence-corrected chi connectivity index (χ1v) is 7.34. The van der Waals surface area contributed by atoms with Gasteiger partial charge in [0.15, 0.2) is 5.69 Å². The molecule has 20 heavy (non-hydrogen) atoms. The Morgan fingerprint density at radius 1 is 1.50 bits per heavy atom. The quantitative estimate of drug-likeness (QED) is 0.916. The van der Waals surface area contributed by atoms with Crippen LogP contribution in [-0.4, -0.2) is 33.1 Å². The van der Waals surface area contributed by atoms with Crippen molar-refractivity contribution < 1.29 is 9.90 Å². The normalized spacial score (nSPS) is 22.6. The highest BCUT2D eigenvalue weighted by atomic mass is 16.4. The summed E-state index contributed by atoms with van der Waals surface area (Å²) in [7, 11) is 0. The number of rotatable bonds is 4. The van der Waals surface area contributed by atoms with E-state index in [2.05, 4.69) is 28.7 Å². The van der Waals surface area contributed by atoms with Gasteiger partial charge in [-0.05, 0) is 26.2 Å². The number of carbonyl (C=O) groups is 1. The predicted molar refractivity (Wildman–Crippen MR) is 78.3 cm³/mol. The lowest BCUT2D eigenvalue weighted by Crippen LogP contribution is -2.36. The molecule has 2 unspecified atom stereocenters. The van der Waals surface area contributed by atoms with Crippen molar-refractivity contribution >= 4 is 11.7 Å². The van der Waals surface area contributed by atoms with Gasteiger partial charge in [-0.3, -0.25) is 0 Å². The minimum atomic E-state index is -0.974. The molecular weight excluding hydrogens is 254 g/mol. The standard InChI is InChI=1S/C15H23N3O2/c1-5-11-7-6-10(4)18(11)12-8-16-14(9(2)3)17-13(12)15(19)20/h8-11H,5-7H2,1-4H3,(H,19,20). The predicted octanol–water partition coefficient (Wildman–Crippen LogP) is 3.07. The van der Waals surface area contributed by atoms with Crippen LogP contribution in [0.2, 0.25) is 0 Å². The Labute approximate surface area is 120 Å². The average molecular weight is 277 g/mol. The lowest BCUT2D eigenvalue weighted by Gasteiger charge is -2.30. The third-order valence-electron chi connectivity index (χ3n) is 4.04. The summed E-state index contributed by atoms with van der Waals surface area (Å²) in [4.78, 5) is 22.3. The van der Waals surface area contributed by atoms with E-state index in [1.807, 2.05) is 13.8 Å². The molecule has 0 amide bonds. The third kappa shape index (κ3) is 2.62. The summed E-state index contributed by atoms with van der Waals surface area (Å²) in [5.74, 6) is -0.260. The van der Waals surface area contributed by atoms with Gasteiger partial charge in [-0.2, -0.15) is 0 Å². The van der Waals surface area contributed by atoms with E-state index in [0.717, 1.165) is 19.3 Å². The van der Waals surface area contributed by atoms with Crippen LogP contribution in [0, 0.1) is 0 Å². The number of hydrogen-bond acceptors (Lipinski definition) is 4. The second kappa shape index (κ2) is 5.77. The maximum Gasteiger partial charge on any atom is 0.356 e. The average Bonchev–Trinajstić information content (AvgIpc) is 2.78. The second-order valence-corrected chi connectivity index (χ2v) is 5.82. The molecule has 1 saturated heterocycles. The summed E-state index contributed by atoms with van der Waals surface area (Å²) < 4.78 is 0. The maximum absolute atomic E-state index is 11.5. The van der Waals surface area contributed by atoms with Gasteiger partial charge in [0, 0.05) is 18.0 Å². The third-order valence-corrected chi connectivity index (χ3v) is 4.04. The van der Waals surface area contributed by atoms with Crippen LogP contribution < -0.4 is 4.90 Å². The van der Waals surface area contributed by atoms with Crippen molar-refractivity contribution in [2.45, 2.75) is 65.0 Å². The molecule has 1 aromatic heterocycles. The first-order valence-electron chi connectivity index (χ1n) is 7.34. The van der Waals surface area contributed by atoms with Gasteiger partial charge >= 0.3 is 5.97 Å². The molecule has 1 aliphatic heterocycles. The topological polar surface area (TPSA) is 66.3 Å². The fourth-order valence-corrected chi connectivity index (χ4v) is 2.92. The van der Waals surface area contributed by atoms with E-state index in [-0.39, 0.29) is 11.6 Å². The van der Waals surface area contributed by atoms with Gasteiger partial charge in [0.25, 0.3) is 0 Å². The van der Waals surface area contributed by atoms with Gasteiger partial charge in [0.2, 0.25) is 0 Å². The fraction of sp³-hybridized carbons (Fsp3) is 0.667. The van der Waals surface area contributed by atoms with E-state index in [0.29, 0.717) is 23.6 Å². The minimum Gasteiger partial charge on any atom is -0.476 e. The number of aromatic nitrogens is 2. The largest absolute Gasteiger partial charge is 0.476 e. The number of anilines is 1. The van der Waals surface area contributed by atoms with E-state index in [1.54, 1.807) is 6.20 Å². The summed E-state index contributed by atoms with van der Waals surface area (Å²) in [5, 5.41) is 9.46. The molecule has 2 rings (SSSR count). The van der Waals surface area contributed by atoms with Crippen molar-refractivity contribution in [1.82, 2.24) is 9.97 Å². The first-order chi connectivity index (χ1) is 9.45. The molecule has 1 aromatic rings. The maximum atomic E-state index is 11.5. The van der Waals surface area contributed by atoms with Crippen LogP contribution in [-0.2, 0) is 0 Å². The van der Waals surface area contributed by atoms with Crippen LogP contribution in [0.5, 0.6) is 0 Å². The van der Waals surface area contributed by atoms with Crippen molar-refractivity contribution in [3.63, 3.8) is 0 Å². The molecule has 0 aliphatic carbocycles. The molecule has 0 aromatic carbocycles. The van der Waals surface area contributed by atoms with E-state index < -0.39 is 5.97 Å². The Morgan fingerprint density at radius 3 is 2.75 bits per heavy atom. The van der Waals surface area contributed by atoms with Crippen LogP contribution in [0.4, 0.5) is 5.69 Å². The SMILES string of the molecule is CCC1CCC(C)N1c1cnc(C(C)C)nc1C(=O)O. The number of hydrogen-bond donors (Lipinski definition) is 1. The molecule has 5 nitrogen and oxygen atoms in total. The molecule has 0 saturated carbocycles. The zero-order valence-corrected chi connectivity index (χ0v) is 12.6. The number of aromatic carboxylic acids is 1. The molecular formula is C15H23N3O2. The fourth-order valence-electron chi connectivity index (χ4n) is 2.92. The molecule has 1 N–H and O–H groups in total. The molecule has 1 fully saturated rings. The van der Waals surface area contributed by atoms with E-state index in [9.17, 15) is 9.90 Å². The molecule has 0 radical (unpaired) electrons. The monoisotopic (exact) mass is 277 g/mol. The Hall–Kier alpha value is -1.65. The van der Waals surface area contributed by atoms with Gasteiger partial charge in [0.1, 0.15) is 5.82 Å². The van der Waals surface area contributed by atoms with Gasteiger partial charge in [-0.15, -0.1) is 0 Å². The summed E-state index contributed by atoms with van der Waals surface area (Å²) in [5.41, 5.74) is 0.801. The Bertz CT molecular complexity index is 502. The molecule has 110 valence electrons. The van der Waals surface area contributed by atoms with Crippen molar-refractivity contribution in [2.24, 2.45) is 0 Å². The lowest BCUT2D eigenvalue weighted by molar-refractivity contribution is 0.0690. The number of carboxylic acid groups (broad SMARTS) is 1. The molecule has 0 spiro atoms. The number of nitrogens with zero attached hydrogens (tertiary/aromatic N) is 3. The minimum absolute atomic E-state index is 0.125. The Balaban J connectivity index is 2.47. The van der Waals surface area contributed by atoms with E-state index in [1.165, 1.54) is 0 Å². The number of carboxylic acids is 1. The van der Waals surface area contributed by atoms with Gasteiger partial charge in [-0.25, -0.2) is 14.8 Å². The smallest absolute Gasteiger partial charge is 0.356 e. The second-order valence-electron chi connectivity index (χ2n) is 5.82. The first kappa shape index (κ1) is 14.8. The van der Waals surface area contributed by atoms with Crippen LogP contribution >= 0.6 is 0 Å².